The van der Waals surface area contributed by atoms with Gasteiger partial charge in [0.15, 0.2) is 0 Å². The van der Waals surface area contributed by atoms with Crippen LogP contribution in [-0.4, -0.2) is 109 Å². The first-order valence-electron chi connectivity index (χ1n) is 19.2. The quantitative estimate of drug-likeness (QED) is 0.0460. The summed E-state index contributed by atoms with van der Waals surface area (Å²) >= 11 is 0. The summed E-state index contributed by atoms with van der Waals surface area (Å²) in [5, 5.41) is 12.5. The molecule has 0 radical (unpaired) electrons. The maximum Gasteiger partial charge on any atom is 1.00 e. The van der Waals surface area contributed by atoms with Gasteiger partial charge < -0.3 is 33.6 Å². The molecule has 0 fully saturated rings. The third-order valence-corrected chi connectivity index (χ3v) is 12.9. The van der Waals surface area contributed by atoms with E-state index < -0.39 is 52.1 Å². The molecule has 21 heteroatoms. The molecular formula is C40H52N3Na2O13S3+. The Kier molecular flexibility index (Phi) is 21.6. The predicted octanol–water partition coefficient (Wildman–Crippen LogP) is -2.46. The minimum Gasteiger partial charge on any atom is -0.748 e. The number of hydrogen-bond donors (Lipinski definition) is 2. The fourth-order valence-corrected chi connectivity index (χ4v) is 8.99. The van der Waals surface area contributed by atoms with Gasteiger partial charge in [-0.15, -0.1) is 0 Å². The summed E-state index contributed by atoms with van der Waals surface area (Å²) in [5.41, 5.74) is 2.16. The monoisotopic (exact) mass is 924 g/mol. The molecule has 2 N–H and O–H groups in total. The second-order valence-corrected chi connectivity index (χ2v) is 19.8. The van der Waals surface area contributed by atoms with E-state index in [-0.39, 0.29) is 103 Å². The number of nitrogens with zero attached hydrogens (tertiary/aromatic N) is 2. The number of sulfone groups is 1. The maximum absolute atomic E-state index is 13.7. The molecule has 0 saturated heterocycles. The summed E-state index contributed by atoms with van der Waals surface area (Å²) in [6, 6.07) is 9.17. The van der Waals surface area contributed by atoms with Crippen molar-refractivity contribution in [2.45, 2.75) is 69.1 Å². The summed E-state index contributed by atoms with van der Waals surface area (Å²) < 4.78 is 108. The number of carboxylic acids is 1. The van der Waals surface area contributed by atoms with Crippen LogP contribution < -0.4 is 79.3 Å². The Morgan fingerprint density at radius 1 is 0.984 bits per heavy atom. The first-order chi connectivity index (χ1) is 27.7. The Hall–Kier alpha value is -2.40. The normalized spacial score (nSPS) is 16.6. The number of carboxylic acid groups (broad SMARTS) is 1. The van der Waals surface area contributed by atoms with E-state index in [0.717, 1.165) is 0 Å². The van der Waals surface area contributed by atoms with Crippen LogP contribution in [0.5, 0.6) is 0 Å². The van der Waals surface area contributed by atoms with Gasteiger partial charge in [-0.1, -0.05) is 18.6 Å². The minimum atomic E-state index is -4.87. The van der Waals surface area contributed by atoms with Crippen molar-refractivity contribution >= 4 is 53.7 Å². The van der Waals surface area contributed by atoms with Gasteiger partial charge in [0.05, 0.1) is 39.7 Å². The number of benzene rings is 2. The summed E-state index contributed by atoms with van der Waals surface area (Å²) in [7, 11) is -11.1. The smallest absolute Gasteiger partial charge is 0.748 e. The molecule has 0 saturated carbocycles. The molecule has 61 heavy (non-hydrogen) atoms. The molecule has 1 aromatic rings. The van der Waals surface area contributed by atoms with Gasteiger partial charge in [-0.2, -0.15) is 0 Å². The number of amides is 1. The molecule has 16 nitrogen and oxygen atoms in total. The molecule has 4 rings (SSSR count). The van der Waals surface area contributed by atoms with Crippen LogP contribution in [-0.2, 0) is 45.0 Å². The molecule has 0 bridgehead atoms. The van der Waals surface area contributed by atoms with Crippen molar-refractivity contribution in [3.63, 3.8) is 0 Å². The van der Waals surface area contributed by atoms with Crippen LogP contribution in [0.2, 0.25) is 0 Å². The molecular weight excluding hydrogens is 873 g/mol. The Morgan fingerprint density at radius 2 is 1.70 bits per heavy atom. The number of hydrogen-bond acceptors (Lipinski definition) is 13. The Labute approximate surface area is 402 Å². The predicted molar refractivity (Wildman–Crippen MR) is 221 cm³/mol. The van der Waals surface area contributed by atoms with Crippen molar-refractivity contribution < 1.29 is 117 Å². The summed E-state index contributed by atoms with van der Waals surface area (Å²) in [6.07, 6.45) is 9.90. The van der Waals surface area contributed by atoms with E-state index in [4.69, 9.17) is 14.3 Å². The van der Waals surface area contributed by atoms with Crippen LogP contribution in [0.15, 0.2) is 69.8 Å². The van der Waals surface area contributed by atoms with Gasteiger partial charge in [-0.05, 0) is 87.1 Å². The van der Waals surface area contributed by atoms with E-state index in [1.807, 2.05) is 16.4 Å². The Balaban J connectivity index is 0.00000641. The Bertz CT molecular complexity index is 2450. The second kappa shape index (κ2) is 24.0. The van der Waals surface area contributed by atoms with Crippen molar-refractivity contribution in [1.82, 2.24) is 9.89 Å². The Morgan fingerprint density at radius 3 is 2.33 bits per heavy atom. The third-order valence-electron chi connectivity index (χ3n) is 10.2. The van der Waals surface area contributed by atoms with Crippen molar-refractivity contribution in [2.24, 2.45) is 0 Å². The average molecular weight is 925 g/mol. The van der Waals surface area contributed by atoms with Gasteiger partial charge >= 0.3 is 65.1 Å². The van der Waals surface area contributed by atoms with E-state index in [1.165, 1.54) is 37.8 Å². The molecule has 1 amide bonds. The summed E-state index contributed by atoms with van der Waals surface area (Å²) in [4.78, 5) is 26.3. The van der Waals surface area contributed by atoms with Crippen molar-refractivity contribution in [3.05, 3.63) is 82.6 Å². The van der Waals surface area contributed by atoms with Gasteiger partial charge in [-0.3, -0.25) is 9.59 Å². The van der Waals surface area contributed by atoms with E-state index >= 15 is 0 Å². The summed E-state index contributed by atoms with van der Waals surface area (Å²) in [6.45, 7) is 5.42. The number of carbonyl (C=O) groups excluding carboxylic acids is 1. The van der Waals surface area contributed by atoms with Crippen LogP contribution in [0.25, 0.3) is 17.4 Å². The first-order valence-corrected chi connectivity index (χ1v) is 24.2. The van der Waals surface area contributed by atoms with Crippen LogP contribution >= 0.6 is 0 Å². The zero-order chi connectivity index (χ0) is 43.6. The van der Waals surface area contributed by atoms with Crippen molar-refractivity contribution in [3.8, 4) is 11.3 Å². The van der Waals surface area contributed by atoms with Gasteiger partial charge in [0.2, 0.25) is 5.36 Å². The minimum absolute atomic E-state index is 0. The van der Waals surface area contributed by atoms with E-state index in [9.17, 15) is 43.9 Å². The van der Waals surface area contributed by atoms with Gasteiger partial charge in [0.1, 0.15) is 44.4 Å². The molecule has 1 atom stereocenters. The van der Waals surface area contributed by atoms with Gasteiger partial charge in [0, 0.05) is 67.4 Å². The number of allylic oxidation sites excluding steroid dienone is 3. The molecule has 1 aromatic carbocycles. The SMILES string of the molecule is CC[N+](CCCS(C)(=O)=O)=c1cc2occc(/C=C/C=C3/N(CCCCCC(=O)O)c4ccc(S(=O)(=O)[O-])cc4C3(C)CCCS(=O)(=O)[O-])c-2cc1C(=O)NCCOC.[Na+].[Na+]. The van der Waals surface area contributed by atoms with Crippen molar-refractivity contribution in [1.29, 1.82) is 0 Å². The number of carbonyl (C=O) groups is 2. The molecule has 0 spiro atoms. The van der Waals surface area contributed by atoms with Crippen LogP contribution in [0.1, 0.15) is 80.3 Å². The van der Waals surface area contributed by atoms with Crippen LogP contribution in [0.4, 0.5) is 5.69 Å². The average Bonchev–Trinajstić information content (AvgIpc) is 3.37. The van der Waals surface area contributed by atoms with E-state index in [2.05, 4.69) is 5.32 Å². The van der Waals surface area contributed by atoms with Crippen molar-refractivity contribution in [2.75, 3.05) is 62.6 Å². The largest absolute Gasteiger partial charge is 1.00 e. The third kappa shape index (κ3) is 15.7. The number of aliphatic carboxylic acids is 1. The number of ether oxygens (including phenoxy) is 1. The number of methoxy groups -OCH3 is 1. The number of rotatable bonds is 22. The number of fused-ring (bicyclic) bond motifs is 2. The van der Waals surface area contributed by atoms with Crippen LogP contribution in [0.3, 0.4) is 0 Å². The molecule has 2 heterocycles. The number of nitrogens with one attached hydrogen (secondary N) is 1. The fraction of sp³-hybridized carbons (Fsp3) is 0.475. The second-order valence-electron chi connectivity index (χ2n) is 14.7. The number of anilines is 1. The molecule has 1 unspecified atom stereocenters. The van der Waals surface area contributed by atoms with E-state index in [0.29, 0.717) is 90.1 Å². The standard InChI is InChI=1S/C40H53N3O13S3.2Na/c1-5-42(20-11-24-57(4,47)48)35-28-36-31(27-32(35)39(46)41-19-23-55-3)29(17-22-56-36)12-9-13-37-40(2,18-10-25-58(49,50)51)33-26-30(59(52,53)54)15-16-34(33)43(37)21-8-6-7-14-38(44)45;;/h9,12-13,15-17,22,26-28H,5-8,10-11,14,18-21,23-25H2,1-4H3,(H3-,41,44,45,46,49,50,51,52,53,54);;/q;2*+1/p-1. The molecule has 2 aliphatic heterocycles. The van der Waals surface area contributed by atoms with E-state index in [1.54, 1.807) is 43.4 Å². The molecule has 3 aliphatic rings. The molecule has 1 aliphatic carbocycles. The van der Waals surface area contributed by atoms with Gasteiger partial charge in [-0.25, -0.2) is 29.8 Å². The number of unbranched alkanes of at least 4 members (excludes halogenated alkanes) is 2. The molecule has 324 valence electrons. The topological polar surface area (TPSA) is 244 Å². The fourth-order valence-electron chi connectivity index (χ4n) is 7.34. The van der Waals surface area contributed by atoms with Gasteiger partial charge in [0.25, 0.3) is 5.91 Å². The zero-order valence-electron chi connectivity index (χ0n) is 35.6. The van der Waals surface area contributed by atoms with Crippen LogP contribution in [0, 0.1) is 0 Å². The zero-order valence-corrected chi connectivity index (χ0v) is 42.1. The first kappa shape index (κ1) is 54.7. The summed E-state index contributed by atoms with van der Waals surface area (Å²) in [5.74, 6) is -1.54. The maximum atomic E-state index is 13.7. The molecule has 0 aromatic heterocycles.